The van der Waals surface area contributed by atoms with Gasteiger partial charge in [-0.15, -0.1) is 0 Å². The average Bonchev–Trinajstić information content (AvgIpc) is 3.06. The number of amides is 1. The Morgan fingerprint density at radius 1 is 1.15 bits per heavy atom. The molecule has 0 bridgehead atoms. The molecule has 134 valence electrons. The summed E-state index contributed by atoms with van der Waals surface area (Å²) in [4.78, 5) is 16.0. The lowest BCUT2D eigenvalue weighted by Crippen LogP contribution is -2.28. The van der Waals surface area contributed by atoms with Crippen LogP contribution in [0, 0.1) is 0 Å². The van der Waals surface area contributed by atoms with Crippen LogP contribution in [0.2, 0.25) is 0 Å². The van der Waals surface area contributed by atoms with E-state index in [0.29, 0.717) is 18.0 Å². The smallest absolute Gasteiger partial charge is 0.258 e. The lowest BCUT2D eigenvalue weighted by atomic mass is 10.2. The second-order valence-corrected chi connectivity index (χ2v) is 5.60. The van der Waals surface area contributed by atoms with Gasteiger partial charge in [-0.3, -0.25) is 14.5 Å². The van der Waals surface area contributed by atoms with Crippen molar-refractivity contribution in [3.63, 3.8) is 0 Å². The molecule has 0 saturated carbocycles. The van der Waals surface area contributed by atoms with Crippen molar-refractivity contribution in [1.29, 1.82) is 0 Å². The van der Waals surface area contributed by atoms with Gasteiger partial charge in [0.25, 0.3) is 5.91 Å². The summed E-state index contributed by atoms with van der Waals surface area (Å²) < 4.78 is 12.5. The molecule has 0 atom stereocenters. The topological polar surface area (TPSA) is 78.3 Å². The number of nitrogens with one attached hydrogen (secondary N) is 1. The van der Waals surface area contributed by atoms with Gasteiger partial charge >= 0.3 is 0 Å². The van der Waals surface area contributed by atoms with Crippen molar-refractivity contribution in [2.45, 2.75) is 6.54 Å². The van der Waals surface area contributed by atoms with Gasteiger partial charge < -0.3 is 14.8 Å². The first-order chi connectivity index (χ1) is 12.7. The number of methoxy groups -OCH3 is 1. The molecule has 0 aliphatic carbocycles. The molecule has 1 N–H and O–H groups in total. The molecule has 0 radical (unpaired) electrons. The Labute approximate surface area is 151 Å². The zero-order valence-corrected chi connectivity index (χ0v) is 14.7. The van der Waals surface area contributed by atoms with E-state index in [1.165, 1.54) is 0 Å². The van der Waals surface area contributed by atoms with E-state index in [2.05, 4.69) is 15.4 Å². The van der Waals surface area contributed by atoms with E-state index in [9.17, 15) is 4.79 Å². The number of aromatic nitrogens is 3. The van der Waals surface area contributed by atoms with Gasteiger partial charge in [0.2, 0.25) is 0 Å². The highest BCUT2D eigenvalue weighted by atomic mass is 16.5. The van der Waals surface area contributed by atoms with E-state index in [-0.39, 0.29) is 12.5 Å². The third-order valence-electron chi connectivity index (χ3n) is 3.80. The number of benzene rings is 1. The molecule has 26 heavy (non-hydrogen) atoms. The number of carbonyl (C=O) groups is 1. The highest BCUT2D eigenvalue weighted by Crippen LogP contribution is 2.25. The first-order valence-electron chi connectivity index (χ1n) is 8.13. The molecule has 7 nitrogen and oxygen atoms in total. The maximum absolute atomic E-state index is 12.0. The molecule has 2 aromatic heterocycles. The summed E-state index contributed by atoms with van der Waals surface area (Å²) in [6.45, 7) is 0.234. The standard InChI is InChI=1S/C19H20N4O3/c1-23-16(14-7-9-20-10-8-14)11-15(22-23)12-21-19(24)13-26-18-6-4-3-5-17(18)25-2/h3-11H,12-13H2,1-2H3,(H,21,24). The number of hydrogen-bond donors (Lipinski definition) is 1. The van der Waals surface area contributed by atoms with Crippen LogP contribution in [-0.2, 0) is 18.4 Å². The Morgan fingerprint density at radius 3 is 2.62 bits per heavy atom. The van der Waals surface area contributed by atoms with Crippen LogP contribution in [0.5, 0.6) is 11.5 Å². The van der Waals surface area contributed by atoms with Crippen LogP contribution in [0.4, 0.5) is 0 Å². The molecule has 2 heterocycles. The highest BCUT2D eigenvalue weighted by molar-refractivity contribution is 5.77. The fourth-order valence-electron chi connectivity index (χ4n) is 2.53. The van der Waals surface area contributed by atoms with Crippen LogP contribution in [0.25, 0.3) is 11.3 Å². The summed E-state index contributed by atoms with van der Waals surface area (Å²) in [5, 5.41) is 7.23. The predicted molar refractivity (Wildman–Crippen MR) is 96.8 cm³/mol. The Morgan fingerprint density at radius 2 is 1.88 bits per heavy atom. The third-order valence-corrected chi connectivity index (χ3v) is 3.80. The molecule has 0 unspecified atom stereocenters. The molecule has 1 amide bonds. The SMILES string of the molecule is COc1ccccc1OCC(=O)NCc1cc(-c2ccncc2)n(C)n1. The molecule has 3 aromatic rings. The molecule has 7 heteroatoms. The van der Waals surface area contributed by atoms with Crippen LogP contribution in [0.1, 0.15) is 5.69 Å². The average molecular weight is 352 g/mol. The molecule has 0 spiro atoms. The second-order valence-electron chi connectivity index (χ2n) is 5.60. The van der Waals surface area contributed by atoms with Crippen LogP contribution >= 0.6 is 0 Å². The summed E-state index contributed by atoms with van der Waals surface area (Å²) in [5.74, 6) is 0.891. The summed E-state index contributed by atoms with van der Waals surface area (Å²) in [6.07, 6.45) is 3.47. The number of rotatable bonds is 7. The predicted octanol–water partition coefficient (Wildman–Crippen LogP) is 2.19. The number of hydrogen-bond acceptors (Lipinski definition) is 5. The number of aryl methyl sites for hydroxylation is 1. The van der Waals surface area contributed by atoms with Crippen molar-refractivity contribution in [2.75, 3.05) is 13.7 Å². The largest absolute Gasteiger partial charge is 0.493 e. The van der Waals surface area contributed by atoms with Gasteiger partial charge in [0.15, 0.2) is 18.1 Å². The van der Waals surface area contributed by atoms with Gasteiger partial charge in [0, 0.05) is 25.0 Å². The Kier molecular flexibility index (Phi) is 5.48. The van der Waals surface area contributed by atoms with Gasteiger partial charge in [-0.25, -0.2) is 0 Å². The molecular weight excluding hydrogens is 332 g/mol. The van der Waals surface area contributed by atoms with Gasteiger partial charge in [-0.1, -0.05) is 12.1 Å². The fourth-order valence-corrected chi connectivity index (χ4v) is 2.53. The first-order valence-corrected chi connectivity index (χ1v) is 8.13. The number of ether oxygens (including phenoxy) is 2. The minimum absolute atomic E-state index is 0.0928. The van der Waals surface area contributed by atoms with Crippen LogP contribution in [0.15, 0.2) is 54.9 Å². The van der Waals surface area contributed by atoms with Gasteiger partial charge in [-0.05, 0) is 30.3 Å². The summed E-state index contributed by atoms with van der Waals surface area (Å²) in [7, 11) is 3.43. The van der Waals surface area contributed by atoms with E-state index in [1.807, 2.05) is 37.4 Å². The fraction of sp³-hybridized carbons (Fsp3) is 0.211. The number of nitrogens with zero attached hydrogens (tertiary/aromatic N) is 3. The molecule has 0 fully saturated rings. The Bertz CT molecular complexity index is 878. The molecule has 0 aliphatic heterocycles. The van der Waals surface area contributed by atoms with Crippen LogP contribution in [0.3, 0.4) is 0 Å². The van der Waals surface area contributed by atoms with Crippen molar-refractivity contribution in [3.05, 3.63) is 60.6 Å². The van der Waals surface area contributed by atoms with Crippen molar-refractivity contribution >= 4 is 5.91 Å². The van der Waals surface area contributed by atoms with Crippen LogP contribution < -0.4 is 14.8 Å². The van der Waals surface area contributed by atoms with Crippen LogP contribution in [-0.4, -0.2) is 34.4 Å². The Hall–Kier alpha value is -3.35. The lowest BCUT2D eigenvalue weighted by Gasteiger charge is -2.10. The first kappa shape index (κ1) is 17.5. The minimum Gasteiger partial charge on any atom is -0.493 e. The zero-order valence-electron chi connectivity index (χ0n) is 14.7. The van der Waals surface area contributed by atoms with E-state index in [1.54, 1.807) is 36.3 Å². The van der Waals surface area contributed by atoms with Gasteiger partial charge in [0.1, 0.15) is 0 Å². The zero-order chi connectivity index (χ0) is 18.4. The number of pyridine rings is 1. The summed E-state index contributed by atoms with van der Waals surface area (Å²) >= 11 is 0. The second kappa shape index (κ2) is 8.15. The van der Waals surface area contributed by atoms with Crippen molar-refractivity contribution < 1.29 is 14.3 Å². The lowest BCUT2D eigenvalue weighted by molar-refractivity contribution is -0.123. The Balaban J connectivity index is 1.55. The molecule has 3 rings (SSSR count). The van der Waals surface area contributed by atoms with Crippen molar-refractivity contribution in [1.82, 2.24) is 20.1 Å². The monoisotopic (exact) mass is 352 g/mol. The summed E-state index contributed by atoms with van der Waals surface area (Å²) in [6, 6.07) is 13.0. The van der Waals surface area contributed by atoms with E-state index in [0.717, 1.165) is 17.0 Å². The van der Waals surface area contributed by atoms with Gasteiger partial charge in [-0.2, -0.15) is 5.10 Å². The maximum atomic E-state index is 12.0. The highest BCUT2D eigenvalue weighted by Gasteiger charge is 2.10. The molecule has 0 aliphatic rings. The van der Waals surface area contributed by atoms with Crippen molar-refractivity contribution in [2.24, 2.45) is 7.05 Å². The summed E-state index contributed by atoms with van der Waals surface area (Å²) in [5.41, 5.74) is 2.75. The number of para-hydroxylation sites is 2. The molecule has 1 aromatic carbocycles. The third kappa shape index (κ3) is 4.18. The van der Waals surface area contributed by atoms with Crippen molar-refractivity contribution in [3.8, 4) is 22.8 Å². The number of carbonyl (C=O) groups excluding carboxylic acids is 1. The normalized spacial score (nSPS) is 10.4. The molecular formula is C19H20N4O3. The van der Waals surface area contributed by atoms with E-state index in [4.69, 9.17) is 9.47 Å². The van der Waals surface area contributed by atoms with E-state index < -0.39 is 0 Å². The van der Waals surface area contributed by atoms with Gasteiger partial charge in [0.05, 0.1) is 25.0 Å². The minimum atomic E-state index is -0.230. The maximum Gasteiger partial charge on any atom is 0.258 e. The quantitative estimate of drug-likeness (QED) is 0.705. The van der Waals surface area contributed by atoms with E-state index >= 15 is 0 Å². The molecule has 0 saturated heterocycles.